The van der Waals surface area contributed by atoms with Crippen molar-refractivity contribution < 1.29 is 14.6 Å². The molecule has 1 aliphatic rings. The van der Waals surface area contributed by atoms with Gasteiger partial charge in [0, 0.05) is 19.5 Å². The maximum Gasteiger partial charge on any atom is 0.191 e. The van der Waals surface area contributed by atoms with Crippen molar-refractivity contribution in [3.63, 3.8) is 0 Å². The van der Waals surface area contributed by atoms with Crippen LogP contribution in [0.2, 0.25) is 0 Å². The fraction of sp³-hybridized carbons (Fsp3) is 0.409. The highest BCUT2D eigenvalue weighted by Crippen LogP contribution is 2.25. The largest absolute Gasteiger partial charge is 0.497 e. The molecule has 1 aliphatic heterocycles. The van der Waals surface area contributed by atoms with Crippen LogP contribution in [-0.2, 0) is 12.8 Å². The fourth-order valence-corrected chi connectivity index (χ4v) is 3.19. The summed E-state index contributed by atoms with van der Waals surface area (Å²) in [7, 11) is 1.62. The Morgan fingerprint density at radius 1 is 1.25 bits per heavy atom. The number of methoxy groups -OCH3 is 1. The molecule has 6 heteroatoms. The number of guanidine groups is 1. The topological polar surface area (TPSA) is 75.1 Å². The molecule has 0 radical (unpaired) electrons. The quantitative estimate of drug-likeness (QED) is 0.482. The van der Waals surface area contributed by atoms with Gasteiger partial charge in [-0.25, -0.2) is 0 Å². The SMILES string of the molecule is CCNC(=NCC(O)c1cccc(OC)c1)NCCc1ccc2c(c1)CCO2. The number of nitrogens with one attached hydrogen (secondary N) is 2. The Hall–Kier alpha value is -2.73. The standard InChI is InChI=1S/C22H29N3O3/c1-3-23-22(25-15-20(26)17-5-4-6-19(14-17)27-2)24-11-9-16-7-8-21-18(13-16)10-12-28-21/h4-8,13-14,20,26H,3,9-12,15H2,1-2H3,(H2,23,24,25). The molecule has 0 fully saturated rings. The Balaban J connectivity index is 1.53. The van der Waals surface area contributed by atoms with Crippen LogP contribution in [0.1, 0.15) is 29.7 Å². The third-order valence-electron chi connectivity index (χ3n) is 4.71. The van der Waals surface area contributed by atoms with Crippen molar-refractivity contribution in [1.29, 1.82) is 0 Å². The molecule has 2 aromatic rings. The van der Waals surface area contributed by atoms with Crippen molar-refractivity contribution in [3.8, 4) is 11.5 Å². The van der Waals surface area contributed by atoms with Gasteiger partial charge in [-0.3, -0.25) is 4.99 Å². The Morgan fingerprint density at radius 2 is 2.14 bits per heavy atom. The molecule has 28 heavy (non-hydrogen) atoms. The number of aliphatic imine (C=N–C) groups is 1. The number of hydrogen-bond acceptors (Lipinski definition) is 4. The minimum atomic E-state index is -0.678. The van der Waals surface area contributed by atoms with Crippen molar-refractivity contribution in [3.05, 3.63) is 59.2 Å². The molecule has 3 N–H and O–H groups in total. The van der Waals surface area contributed by atoms with Crippen molar-refractivity contribution in [2.75, 3.05) is 33.4 Å². The summed E-state index contributed by atoms with van der Waals surface area (Å²) in [4.78, 5) is 4.52. The van der Waals surface area contributed by atoms with Crippen LogP contribution in [0, 0.1) is 0 Å². The Bertz CT molecular complexity index is 807. The molecule has 0 amide bonds. The van der Waals surface area contributed by atoms with E-state index in [1.165, 1.54) is 11.1 Å². The second-order valence-electron chi connectivity index (χ2n) is 6.73. The number of fused-ring (bicyclic) bond motifs is 1. The van der Waals surface area contributed by atoms with Gasteiger partial charge in [0.25, 0.3) is 0 Å². The molecule has 0 saturated carbocycles. The van der Waals surface area contributed by atoms with Gasteiger partial charge in [-0.05, 0) is 48.2 Å². The van der Waals surface area contributed by atoms with Crippen LogP contribution in [0.3, 0.4) is 0 Å². The van der Waals surface area contributed by atoms with E-state index in [4.69, 9.17) is 9.47 Å². The van der Waals surface area contributed by atoms with E-state index in [0.717, 1.165) is 49.6 Å². The third kappa shape index (κ3) is 5.39. The lowest BCUT2D eigenvalue weighted by Crippen LogP contribution is -2.38. The zero-order valence-corrected chi connectivity index (χ0v) is 16.6. The monoisotopic (exact) mass is 383 g/mol. The van der Waals surface area contributed by atoms with Crippen LogP contribution in [0.5, 0.6) is 11.5 Å². The molecule has 1 unspecified atom stereocenters. The van der Waals surface area contributed by atoms with Crippen LogP contribution < -0.4 is 20.1 Å². The summed E-state index contributed by atoms with van der Waals surface area (Å²) in [5.41, 5.74) is 3.36. The van der Waals surface area contributed by atoms with E-state index in [-0.39, 0.29) is 6.54 Å². The Morgan fingerprint density at radius 3 is 2.96 bits per heavy atom. The van der Waals surface area contributed by atoms with Gasteiger partial charge < -0.3 is 25.2 Å². The van der Waals surface area contributed by atoms with Crippen molar-refractivity contribution >= 4 is 5.96 Å². The van der Waals surface area contributed by atoms with Crippen LogP contribution in [-0.4, -0.2) is 44.4 Å². The highest BCUT2D eigenvalue weighted by atomic mass is 16.5. The van der Waals surface area contributed by atoms with Gasteiger partial charge in [0.15, 0.2) is 5.96 Å². The van der Waals surface area contributed by atoms with E-state index in [1.807, 2.05) is 31.2 Å². The molecular weight excluding hydrogens is 354 g/mol. The number of hydrogen-bond donors (Lipinski definition) is 3. The lowest BCUT2D eigenvalue weighted by molar-refractivity contribution is 0.186. The first-order valence-corrected chi connectivity index (χ1v) is 9.78. The third-order valence-corrected chi connectivity index (χ3v) is 4.71. The molecule has 0 spiro atoms. The highest BCUT2D eigenvalue weighted by Gasteiger charge is 2.12. The van der Waals surface area contributed by atoms with Crippen molar-refractivity contribution in [2.24, 2.45) is 4.99 Å². The molecule has 1 heterocycles. The maximum atomic E-state index is 10.4. The summed E-state index contributed by atoms with van der Waals surface area (Å²) in [5.74, 6) is 2.44. The average molecular weight is 383 g/mol. The minimum absolute atomic E-state index is 0.276. The predicted molar refractivity (Wildman–Crippen MR) is 111 cm³/mol. The summed E-state index contributed by atoms with van der Waals surface area (Å²) >= 11 is 0. The molecule has 3 rings (SSSR count). The molecule has 0 aliphatic carbocycles. The highest BCUT2D eigenvalue weighted by molar-refractivity contribution is 5.79. The number of rotatable bonds is 8. The van der Waals surface area contributed by atoms with Crippen molar-refractivity contribution in [2.45, 2.75) is 25.9 Å². The van der Waals surface area contributed by atoms with E-state index in [2.05, 4.69) is 33.8 Å². The molecule has 1 atom stereocenters. The molecule has 0 aromatic heterocycles. The molecule has 0 bridgehead atoms. The number of ether oxygens (including phenoxy) is 2. The first-order valence-electron chi connectivity index (χ1n) is 9.78. The average Bonchev–Trinajstić information content (AvgIpc) is 3.19. The fourth-order valence-electron chi connectivity index (χ4n) is 3.19. The number of aliphatic hydroxyl groups is 1. The second-order valence-corrected chi connectivity index (χ2v) is 6.73. The molecular formula is C22H29N3O3. The van der Waals surface area contributed by atoms with Gasteiger partial charge >= 0.3 is 0 Å². The molecule has 150 valence electrons. The van der Waals surface area contributed by atoms with Crippen LogP contribution >= 0.6 is 0 Å². The normalized spacial score (nSPS) is 14.2. The van der Waals surface area contributed by atoms with E-state index in [9.17, 15) is 5.11 Å². The maximum absolute atomic E-state index is 10.4. The summed E-state index contributed by atoms with van der Waals surface area (Å²) in [6.07, 6.45) is 1.21. The molecule has 2 aromatic carbocycles. The van der Waals surface area contributed by atoms with Crippen LogP contribution in [0.25, 0.3) is 0 Å². The lowest BCUT2D eigenvalue weighted by Gasteiger charge is -2.14. The molecule has 0 saturated heterocycles. The summed E-state index contributed by atoms with van der Waals surface area (Å²) < 4.78 is 10.8. The zero-order chi connectivity index (χ0) is 19.8. The lowest BCUT2D eigenvalue weighted by atomic mass is 10.1. The second kappa shape index (κ2) is 9.99. The first kappa shape index (κ1) is 20.0. The van der Waals surface area contributed by atoms with Crippen LogP contribution in [0.15, 0.2) is 47.5 Å². The van der Waals surface area contributed by atoms with E-state index in [1.54, 1.807) is 7.11 Å². The Labute approximate surface area is 166 Å². The van der Waals surface area contributed by atoms with Gasteiger partial charge in [0.05, 0.1) is 26.4 Å². The van der Waals surface area contributed by atoms with Gasteiger partial charge in [0.2, 0.25) is 0 Å². The minimum Gasteiger partial charge on any atom is -0.497 e. The van der Waals surface area contributed by atoms with Gasteiger partial charge in [0.1, 0.15) is 11.5 Å². The van der Waals surface area contributed by atoms with Gasteiger partial charge in [-0.1, -0.05) is 24.3 Å². The van der Waals surface area contributed by atoms with Crippen LogP contribution in [0.4, 0.5) is 0 Å². The Kier molecular flexibility index (Phi) is 7.14. The van der Waals surface area contributed by atoms with Crippen molar-refractivity contribution in [1.82, 2.24) is 10.6 Å². The number of nitrogens with zero attached hydrogens (tertiary/aromatic N) is 1. The van der Waals surface area contributed by atoms with E-state index < -0.39 is 6.10 Å². The summed E-state index contributed by atoms with van der Waals surface area (Å²) in [6.45, 7) is 4.61. The van der Waals surface area contributed by atoms with E-state index in [0.29, 0.717) is 5.96 Å². The predicted octanol–water partition coefficient (Wildman–Crippen LogP) is 2.46. The smallest absolute Gasteiger partial charge is 0.191 e. The first-order chi connectivity index (χ1) is 13.7. The summed E-state index contributed by atoms with van der Waals surface area (Å²) in [5, 5.41) is 17.0. The van der Waals surface area contributed by atoms with E-state index >= 15 is 0 Å². The molecule has 6 nitrogen and oxygen atoms in total. The van der Waals surface area contributed by atoms with Gasteiger partial charge in [-0.2, -0.15) is 0 Å². The zero-order valence-electron chi connectivity index (χ0n) is 16.6. The number of aliphatic hydroxyl groups excluding tert-OH is 1. The van der Waals surface area contributed by atoms with Gasteiger partial charge in [-0.15, -0.1) is 0 Å². The number of benzene rings is 2. The summed E-state index contributed by atoms with van der Waals surface area (Å²) in [6, 6.07) is 13.8.